The van der Waals surface area contributed by atoms with Crippen LogP contribution < -0.4 is 0 Å². The van der Waals surface area contributed by atoms with Gasteiger partial charge in [0.25, 0.3) is 0 Å². The van der Waals surface area contributed by atoms with E-state index in [4.69, 9.17) is 9.84 Å². The van der Waals surface area contributed by atoms with Crippen molar-refractivity contribution in [2.75, 3.05) is 13.7 Å². The molecule has 0 spiro atoms. The maximum absolute atomic E-state index is 11.3. The molecule has 0 aromatic carbocycles. The van der Waals surface area contributed by atoms with Gasteiger partial charge in [0.05, 0.1) is 13.7 Å². The number of hydrogen-bond acceptors (Lipinski definition) is 5. The lowest BCUT2D eigenvalue weighted by Crippen LogP contribution is -2.11. The van der Waals surface area contributed by atoms with Crippen LogP contribution in [0.4, 0.5) is 0 Å². The predicted octanol–water partition coefficient (Wildman–Crippen LogP) is 2.90. The lowest BCUT2D eigenvalue weighted by Gasteiger charge is -2.07. The van der Waals surface area contributed by atoms with E-state index in [-0.39, 0.29) is 29.5 Å². The van der Waals surface area contributed by atoms with Gasteiger partial charge in [0.1, 0.15) is 0 Å². The number of carbonyl (C=O) groups is 3. The van der Waals surface area contributed by atoms with Crippen LogP contribution in [-0.4, -0.2) is 36.7 Å². The van der Waals surface area contributed by atoms with E-state index >= 15 is 0 Å². The van der Waals surface area contributed by atoms with Crippen LogP contribution in [0.15, 0.2) is 36.0 Å². The van der Waals surface area contributed by atoms with Gasteiger partial charge in [-0.1, -0.05) is 33.1 Å². The number of carboxylic acid groups (broad SMARTS) is 1. The number of hydrogen-bond donors (Lipinski definition) is 1. The Morgan fingerprint density at radius 1 is 1.13 bits per heavy atom. The molecule has 0 atom stereocenters. The van der Waals surface area contributed by atoms with Gasteiger partial charge in [-0.2, -0.15) is 0 Å². The molecule has 0 heterocycles. The minimum absolute atomic E-state index is 0.192. The van der Waals surface area contributed by atoms with Crippen LogP contribution in [0.3, 0.4) is 0 Å². The fourth-order valence-electron chi connectivity index (χ4n) is 0.966. The second kappa shape index (κ2) is 12.2. The van der Waals surface area contributed by atoms with Crippen molar-refractivity contribution >= 4 is 17.9 Å². The molecular weight excluding hydrogens is 300 g/mol. The molecule has 1 N–H and O–H groups in total. The number of aliphatic carboxylic acids is 1. The SMILES string of the molecule is C=C(C)C(=O)OC.C=C(CC=C(C)C(=O)O)C(=O)OCC(C)C. The van der Waals surface area contributed by atoms with Gasteiger partial charge in [-0.05, 0) is 26.2 Å². The molecule has 0 radical (unpaired) electrons. The molecule has 0 rings (SSSR count). The van der Waals surface area contributed by atoms with Crippen LogP contribution in [0.25, 0.3) is 0 Å². The fraction of sp³-hybridized carbons (Fsp3) is 0.471. The Morgan fingerprint density at radius 2 is 1.65 bits per heavy atom. The number of rotatable bonds is 7. The lowest BCUT2D eigenvalue weighted by molar-refractivity contribution is -0.140. The molecule has 0 fully saturated rings. The Morgan fingerprint density at radius 3 is 1.96 bits per heavy atom. The number of carboxylic acids is 1. The summed E-state index contributed by atoms with van der Waals surface area (Å²) < 4.78 is 9.22. The zero-order valence-corrected chi connectivity index (χ0v) is 14.5. The standard InChI is InChI=1S/C12H18O4.C5H8O2/c1-8(2)7-16-12(15)10(4)6-5-9(3)11(13)14;1-4(2)5(6)7-3/h5,8H,4,6-7H2,1-3H3,(H,13,14);1H2,2-3H3. The highest BCUT2D eigenvalue weighted by atomic mass is 16.5. The third-order valence-electron chi connectivity index (χ3n) is 2.36. The Kier molecular flexibility index (Phi) is 12.2. The van der Waals surface area contributed by atoms with E-state index in [9.17, 15) is 14.4 Å². The molecule has 0 amide bonds. The first kappa shape index (κ1) is 22.9. The average Bonchev–Trinajstić information content (AvgIpc) is 2.48. The number of ether oxygens (including phenoxy) is 2. The van der Waals surface area contributed by atoms with Gasteiger partial charge in [0.15, 0.2) is 0 Å². The van der Waals surface area contributed by atoms with E-state index < -0.39 is 11.9 Å². The van der Waals surface area contributed by atoms with Crippen molar-refractivity contribution in [2.24, 2.45) is 5.92 Å². The van der Waals surface area contributed by atoms with Crippen LogP contribution in [-0.2, 0) is 23.9 Å². The van der Waals surface area contributed by atoms with Crippen molar-refractivity contribution in [2.45, 2.75) is 34.1 Å². The molecule has 0 aliphatic heterocycles. The van der Waals surface area contributed by atoms with Crippen LogP contribution in [0.5, 0.6) is 0 Å². The highest BCUT2D eigenvalue weighted by molar-refractivity contribution is 5.89. The second-order valence-corrected chi connectivity index (χ2v) is 5.26. The molecule has 0 aromatic rings. The number of allylic oxidation sites excluding steroid dienone is 1. The van der Waals surface area contributed by atoms with Gasteiger partial charge in [-0.25, -0.2) is 14.4 Å². The van der Waals surface area contributed by atoms with Crippen molar-refractivity contribution in [3.8, 4) is 0 Å². The topological polar surface area (TPSA) is 89.9 Å². The molecule has 0 saturated heterocycles. The minimum Gasteiger partial charge on any atom is -0.478 e. The smallest absolute Gasteiger partial charge is 0.333 e. The van der Waals surface area contributed by atoms with Gasteiger partial charge in [0.2, 0.25) is 0 Å². The van der Waals surface area contributed by atoms with Gasteiger partial charge in [-0.15, -0.1) is 0 Å². The first-order chi connectivity index (χ1) is 10.5. The molecule has 0 saturated carbocycles. The highest BCUT2D eigenvalue weighted by Crippen LogP contribution is 2.06. The van der Waals surface area contributed by atoms with Crippen molar-refractivity contribution in [3.63, 3.8) is 0 Å². The van der Waals surface area contributed by atoms with Gasteiger partial charge < -0.3 is 14.6 Å². The summed E-state index contributed by atoms with van der Waals surface area (Å²) in [5, 5.41) is 8.60. The number of esters is 2. The van der Waals surface area contributed by atoms with Gasteiger partial charge in [-0.3, -0.25) is 0 Å². The monoisotopic (exact) mass is 326 g/mol. The van der Waals surface area contributed by atoms with Crippen LogP contribution in [0.2, 0.25) is 0 Å². The maximum Gasteiger partial charge on any atom is 0.333 e. The summed E-state index contributed by atoms with van der Waals surface area (Å²) in [5.74, 6) is -1.54. The summed E-state index contributed by atoms with van der Waals surface area (Å²) in [6.07, 6.45) is 1.65. The first-order valence-electron chi connectivity index (χ1n) is 7.01. The van der Waals surface area contributed by atoms with E-state index in [1.807, 2.05) is 13.8 Å². The Labute approximate surface area is 137 Å². The quantitative estimate of drug-likeness (QED) is 0.571. The molecule has 0 bridgehead atoms. The van der Waals surface area contributed by atoms with E-state index in [0.29, 0.717) is 12.2 Å². The molecule has 0 aromatic heterocycles. The predicted molar refractivity (Wildman–Crippen MR) is 87.8 cm³/mol. The molecule has 23 heavy (non-hydrogen) atoms. The summed E-state index contributed by atoms with van der Waals surface area (Å²) in [4.78, 5) is 32.0. The molecule has 6 heteroatoms. The summed E-state index contributed by atoms with van der Waals surface area (Å²) in [7, 11) is 1.33. The van der Waals surface area contributed by atoms with Crippen molar-refractivity contribution in [3.05, 3.63) is 36.0 Å². The zero-order chi connectivity index (χ0) is 18.6. The van der Waals surface area contributed by atoms with Crippen molar-refractivity contribution < 1.29 is 29.0 Å². The molecular formula is C17H26O6. The van der Waals surface area contributed by atoms with E-state index in [1.54, 1.807) is 6.92 Å². The van der Waals surface area contributed by atoms with E-state index in [2.05, 4.69) is 17.9 Å². The van der Waals surface area contributed by atoms with E-state index in [0.717, 1.165) is 0 Å². The van der Waals surface area contributed by atoms with Crippen molar-refractivity contribution in [1.82, 2.24) is 0 Å². The van der Waals surface area contributed by atoms with Crippen LogP contribution in [0.1, 0.15) is 34.1 Å². The molecule has 0 aliphatic rings. The zero-order valence-electron chi connectivity index (χ0n) is 14.5. The normalized spacial score (nSPS) is 10.3. The van der Waals surface area contributed by atoms with E-state index in [1.165, 1.54) is 20.1 Å². The summed E-state index contributed by atoms with van der Waals surface area (Å²) in [6, 6.07) is 0. The Balaban J connectivity index is 0. The number of methoxy groups -OCH3 is 1. The highest BCUT2D eigenvalue weighted by Gasteiger charge is 2.09. The molecule has 6 nitrogen and oxygen atoms in total. The van der Waals surface area contributed by atoms with Crippen LogP contribution in [0, 0.1) is 5.92 Å². The van der Waals surface area contributed by atoms with Gasteiger partial charge in [0, 0.05) is 16.7 Å². The molecule has 0 aliphatic carbocycles. The largest absolute Gasteiger partial charge is 0.478 e. The third-order valence-corrected chi connectivity index (χ3v) is 2.36. The second-order valence-electron chi connectivity index (χ2n) is 5.26. The molecule has 0 unspecified atom stereocenters. The summed E-state index contributed by atoms with van der Waals surface area (Å²) >= 11 is 0. The molecule has 130 valence electrons. The Bertz CT molecular complexity index is 485. The van der Waals surface area contributed by atoms with Crippen LogP contribution >= 0.6 is 0 Å². The fourth-order valence-corrected chi connectivity index (χ4v) is 0.966. The maximum atomic E-state index is 11.3. The lowest BCUT2D eigenvalue weighted by atomic mass is 10.1. The van der Waals surface area contributed by atoms with Crippen molar-refractivity contribution in [1.29, 1.82) is 0 Å². The first-order valence-corrected chi connectivity index (χ1v) is 7.01. The van der Waals surface area contributed by atoms with Gasteiger partial charge >= 0.3 is 17.9 Å². The summed E-state index contributed by atoms with van der Waals surface area (Å²) in [5.41, 5.74) is 0.890. The average molecular weight is 326 g/mol. The Hall–Kier alpha value is -2.37. The third kappa shape index (κ3) is 13.0. The minimum atomic E-state index is -0.997. The summed E-state index contributed by atoms with van der Waals surface area (Å²) in [6.45, 7) is 14.2. The number of carbonyl (C=O) groups excluding carboxylic acids is 2.